The zero-order chi connectivity index (χ0) is 18.5. The van der Waals surface area contributed by atoms with Gasteiger partial charge in [0, 0.05) is 19.7 Å². The van der Waals surface area contributed by atoms with Gasteiger partial charge >= 0.3 is 0 Å². The van der Waals surface area contributed by atoms with E-state index in [-0.39, 0.29) is 11.5 Å². The van der Waals surface area contributed by atoms with Gasteiger partial charge in [0.15, 0.2) is 0 Å². The van der Waals surface area contributed by atoms with Crippen LogP contribution in [0.5, 0.6) is 0 Å². The van der Waals surface area contributed by atoms with Crippen LogP contribution >= 0.6 is 0 Å². The van der Waals surface area contributed by atoms with E-state index >= 15 is 0 Å². The van der Waals surface area contributed by atoms with Crippen molar-refractivity contribution in [2.75, 3.05) is 14.1 Å². The molecule has 2 aromatic rings. The van der Waals surface area contributed by atoms with Gasteiger partial charge in [0.05, 0.1) is 5.56 Å². The first-order chi connectivity index (χ1) is 11.5. The molecule has 24 heavy (non-hydrogen) atoms. The molecule has 0 spiro atoms. The second kappa shape index (κ2) is 11.8. The summed E-state index contributed by atoms with van der Waals surface area (Å²) in [6.07, 6.45) is 0. The number of hydrogen-bond acceptors (Lipinski definition) is 2. The van der Waals surface area contributed by atoms with Crippen molar-refractivity contribution < 1.29 is 18.4 Å². The first kappa shape index (κ1) is 21.2. The maximum absolute atomic E-state index is 12.8. The predicted octanol–water partition coefficient (Wildman–Crippen LogP) is 3.40. The number of halogens is 2. The minimum absolute atomic E-state index is 0.0787. The Morgan fingerprint density at radius 1 is 0.833 bits per heavy atom. The molecule has 2 N–H and O–H groups in total. The van der Waals surface area contributed by atoms with Gasteiger partial charge in [-0.2, -0.15) is 0 Å². The summed E-state index contributed by atoms with van der Waals surface area (Å²) in [6.45, 7) is 4.00. The molecule has 0 fully saturated rings. The summed E-state index contributed by atoms with van der Waals surface area (Å²) in [5, 5.41) is 4.75. The van der Waals surface area contributed by atoms with Crippen LogP contribution in [0.25, 0.3) is 0 Å². The summed E-state index contributed by atoms with van der Waals surface area (Å²) in [7, 11) is 2.97. The third kappa shape index (κ3) is 7.00. The maximum atomic E-state index is 12.8. The smallest absolute Gasteiger partial charge is 0.253 e. The van der Waals surface area contributed by atoms with E-state index in [9.17, 15) is 18.4 Å². The van der Waals surface area contributed by atoms with Gasteiger partial charge in [-0.05, 0) is 30.3 Å². The molecule has 0 radical (unpaired) electrons. The molecule has 0 saturated heterocycles. The van der Waals surface area contributed by atoms with E-state index in [0.29, 0.717) is 5.56 Å². The van der Waals surface area contributed by atoms with Crippen molar-refractivity contribution in [2.24, 2.45) is 0 Å². The third-order valence-corrected chi connectivity index (χ3v) is 2.66. The van der Waals surface area contributed by atoms with Crippen LogP contribution in [0, 0.1) is 11.6 Å². The van der Waals surface area contributed by atoms with Crippen LogP contribution < -0.4 is 10.6 Å². The summed E-state index contributed by atoms with van der Waals surface area (Å²) < 4.78 is 25.3. The largest absolute Gasteiger partial charge is 0.355 e. The van der Waals surface area contributed by atoms with Gasteiger partial charge in [0.25, 0.3) is 11.8 Å². The highest BCUT2D eigenvalue weighted by atomic mass is 19.1. The molecule has 0 bridgehead atoms. The Balaban J connectivity index is 0.000000400. The lowest BCUT2D eigenvalue weighted by molar-refractivity contribution is 0.0952. The van der Waals surface area contributed by atoms with Gasteiger partial charge in [-0.3, -0.25) is 9.59 Å². The van der Waals surface area contributed by atoms with E-state index in [0.717, 1.165) is 0 Å². The van der Waals surface area contributed by atoms with E-state index in [1.54, 1.807) is 18.2 Å². The molecular weight excluding hydrogens is 314 g/mol. The fourth-order valence-corrected chi connectivity index (χ4v) is 1.55. The highest BCUT2D eigenvalue weighted by molar-refractivity contribution is 5.94. The number of hydrogen-bond donors (Lipinski definition) is 2. The van der Waals surface area contributed by atoms with Crippen molar-refractivity contribution in [3.63, 3.8) is 0 Å². The fourth-order valence-electron chi connectivity index (χ4n) is 1.55. The van der Waals surface area contributed by atoms with Crippen molar-refractivity contribution in [3.05, 3.63) is 71.3 Å². The number of benzene rings is 2. The molecule has 0 aliphatic carbocycles. The molecule has 0 aromatic heterocycles. The van der Waals surface area contributed by atoms with Crippen LogP contribution in [0.2, 0.25) is 0 Å². The third-order valence-electron chi connectivity index (χ3n) is 2.66. The van der Waals surface area contributed by atoms with E-state index in [1.165, 1.54) is 44.4 Å². The Labute approximate surface area is 140 Å². The maximum Gasteiger partial charge on any atom is 0.253 e. The Hall–Kier alpha value is -2.76. The first-order valence-electron chi connectivity index (χ1n) is 7.43. The van der Waals surface area contributed by atoms with Gasteiger partial charge in [0.2, 0.25) is 0 Å². The van der Waals surface area contributed by atoms with Crippen molar-refractivity contribution in [2.45, 2.75) is 13.8 Å². The average Bonchev–Trinajstić information content (AvgIpc) is 2.63. The molecule has 0 aliphatic heterocycles. The average molecular weight is 336 g/mol. The van der Waals surface area contributed by atoms with Crippen LogP contribution in [-0.2, 0) is 0 Å². The number of carbonyl (C=O) groups is 2. The quantitative estimate of drug-likeness (QED) is 0.883. The molecule has 130 valence electrons. The molecule has 0 saturated carbocycles. The van der Waals surface area contributed by atoms with Gasteiger partial charge in [-0.1, -0.05) is 32.0 Å². The number of rotatable bonds is 2. The van der Waals surface area contributed by atoms with Crippen LogP contribution in [-0.4, -0.2) is 25.9 Å². The van der Waals surface area contributed by atoms with Crippen molar-refractivity contribution in [3.8, 4) is 0 Å². The monoisotopic (exact) mass is 336 g/mol. The first-order valence-corrected chi connectivity index (χ1v) is 7.43. The summed E-state index contributed by atoms with van der Waals surface area (Å²) in [4.78, 5) is 21.8. The second-order valence-electron chi connectivity index (χ2n) is 4.15. The molecular formula is C18H22F2N2O2. The summed E-state index contributed by atoms with van der Waals surface area (Å²) in [5.74, 6) is -1.56. The van der Waals surface area contributed by atoms with Gasteiger partial charge in [0.1, 0.15) is 11.6 Å². The number of carbonyl (C=O) groups excluding carboxylic acids is 2. The highest BCUT2D eigenvalue weighted by Crippen LogP contribution is 2.05. The number of amides is 2. The Bertz CT molecular complexity index is 661. The summed E-state index contributed by atoms with van der Waals surface area (Å²) in [5.41, 5.74) is 0.419. The minimum atomic E-state index is -0.494. The molecule has 0 unspecified atom stereocenters. The normalized spacial score (nSPS) is 8.75. The molecule has 0 atom stereocenters. The number of nitrogens with one attached hydrogen (secondary N) is 2. The van der Waals surface area contributed by atoms with Crippen molar-refractivity contribution in [1.29, 1.82) is 0 Å². The SMILES string of the molecule is CC.CNC(=O)c1cccc(F)c1.CNC(=O)c1ccccc1F. The molecule has 2 aromatic carbocycles. The van der Waals surface area contributed by atoms with Gasteiger partial charge in [-0.25, -0.2) is 8.78 Å². The Morgan fingerprint density at radius 2 is 1.42 bits per heavy atom. The van der Waals surface area contributed by atoms with Crippen molar-refractivity contribution >= 4 is 11.8 Å². The summed E-state index contributed by atoms with van der Waals surface area (Å²) in [6, 6.07) is 11.4. The van der Waals surface area contributed by atoms with E-state index in [4.69, 9.17) is 0 Å². The Morgan fingerprint density at radius 3 is 1.92 bits per heavy atom. The van der Waals surface area contributed by atoms with Crippen LogP contribution in [0.4, 0.5) is 8.78 Å². The fraction of sp³-hybridized carbons (Fsp3) is 0.222. The molecule has 6 heteroatoms. The van der Waals surface area contributed by atoms with Crippen LogP contribution in [0.3, 0.4) is 0 Å². The lowest BCUT2D eigenvalue weighted by Crippen LogP contribution is -2.18. The molecule has 0 heterocycles. The van der Waals surface area contributed by atoms with Gasteiger partial charge in [-0.15, -0.1) is 0 Å². The van der Waals surface area contributed by atoms with E-state index in [2.05, 4.69) is 10.6 Å². The molecule has 4 nitrogen and oxygen atoms in total. The minimum Gasteiger partial charge on any atom is -0.355 e. The molecule has 2 amide bonds. The second-order valence-corrected chi connectivity index (χ2v) is 4.15. The lowest BCUT2D eigenvalue weighted by atomic mass is 10.2. The summed E-state index contributed by atoms with van der Waals surface area (Å²) >= 11 is 0. The van der Waals surface area contributed by atoms with Gasteiger partial charge < -0.3 is 10.6 Å². The topological polar surface area (TPSA) is 58.2 Å². The predicted molar refractivity (Wildman–Crippen MR) is 90.9 cm³/mol. The Kier molecular flexibility index (Phi) is 10.4. The zero-order valence-corrected chi connectivity index (χ0v) is 14.2. The van der Waals surface area contributed by atoms with Crippen molar-refractivity contribution in [1.82, 2.24) is 10.6 Å². The lowest BCUT2D eigenvalue weighted by Gasteiger charge is -1.98. The standard InChI is InChI=1S/2C8H8FNO.C2H6/c1-10-8(11)6-3-2-4-7(9)5-6;1-10-8(11)6-4-2-3-5-7(6)9;1-2/h2*2-5H,1H3,(H,10,11);1-2H3. The van der Waals surface area contributed by atoms with E-state index in [1.807, 2.05) is 13.8 Å². The van der Waals surface area contributed by atoms with E-state index < -0.39 is 17.5 Å². The molecule has 0 aliphatic rings. The highest BCUT2D eigenvalue weighted by Gasteiger charge is 2.06. The molecule has 2 rings (SSSR count). The van der Waals surface area contributed by atoms with Crippen LogP contribution in [0.1, 0.15) is 34.6 Å². The van der Waals surface area contributed by atoms with Crippen LogP contribution in [0.15, 0.2) is 48.5 Å². The zero-order valence-electron chi connectivity index (χ0n) is 14.2.